The summed E-state index contributed by atoms with van der Waals surface area (Å²) in [5, 5.41) is 12.3. The first-order valence-corrected chi connectivity index (χ1v) is 7.86. The van der Waals surface area contributed by atoms with Crippen LogP contribution in [0.3, 0.4) is 0 Å². The summed E-state index contributed by atoms with van der Waals surface area (Å²) in [5.74, 6) is 1.86. The van der Waals surface area contributed by atoms with Gasteiger partial charge in [-0.2, -0.15) is 0 Å². The van der Waals surface area contributed by atoms with Crippen molar-refractivity contribution in [1.29, 1.82) is 0 Å². The van der Waals surface area contributed by atoms with E-state index in [1.165, 1.54) is 12.8 Å². The molecule has 4 heteroatoms. The van der Waals surface area contributed by atoms with E-state index in [-0.39, 0.29) is 5.92 Å². The van der Waals surface area contributed by atoms with Gasteiger partial charge in [-0.15, -0.1) is 0 Å². The molecule has 1 aliphatic heterocycles. The van der Waals surface area contributed by atoms with Gasteiger partial charge in [-0.25, -0.2) is 0 Å². The molecule has 0 saturated carbocycles. The summed E-state index contributed by atoms with van der Waals surface area (Å²) in [6.07, 6.45) is 2.49. The first-order valence-electron chi connectivity index (χ1n) is 7.86. The standard InChI is InChI=1S/C17H27N3O/c1-13(2)14-8-10-20(11-9-14)12-16(17(18)19-21)15-6-4-3-5-7-15/h3-7,13-14,16,21H,8-12H2,1-2H3,(H2,18,19). The molecule has 21 heavy (non-hydrogen) atoms. The SMILES string of the molecule is CC(C)C1CCN(CC(/C(N)=N/O)c2ccccc2)CC1. The van der Waals surface area contributed by atoms with Gasteiger partial charge >= 0.3 is 0 Å². The first kappa shape index (κ1) is 15.8. The molecule has 1 fully saturated rings. The first-order chi connectivity index (χ1) is 10.1. The number of piperidine rings is 1. The Bertz CT molecular complexity index is 450. The number of rotatable bonds is 5. The second-order valence-corrected chi connectivity index (χ2v) is 6.37. The van der Waals surface area contributed by atoms with Crippen LogP contribution in [0.25, 0.3) is 0 Å². The fourth-order valence-electron chi connectivity index (χ4n) is 3.19. The highest BCUT2D eigenvalue weighted by Gasteiger charge is 2.25. The zero-order valence-corrected chi connectivity index (χ0v) is 13.1. The molecule has 2 rings (SSSR count). The van der Waals surface area contributed by atoms with Gasteiger partial charge in [-0.05, 0) is 43.3 Å². The Morgan fingerprint density at radius 3 is 2.43 bits per heavy atom. The van der Waals surface area contributed by atoms with Crippen molar-refractivity contribution < 1.29 is 5.21 Å². The van der Waals surface area contributed by atoms with Crippen molar-refractivity contribution in [3.8, 4) is 0 Å². The molecule has 0 amide bonds. The van der Waals surface area contributed by atoms with E-state index in [4.69, 9.17) is 10.9 Å². The van der Waals surface area contributed by atoms with Gasteiger partial charge in [0.2, 0.25) is 0 Å². The van der Waals surface area contributed by atoms with Crippen LogP contribution in [0.4, 0.5) is 0 Å². The van der Waals surface area contributed by atoms with Crippen molar-refractivity contribution in [2.45, 2.75) is 32.6 Å². The Morgan fingerprint density at radius 2 is 1.90 bits per heavy atom. The van der Waals surface area contributed by atoms with Crippen LogP contribution in [-0.4, -0.2) is 35.6 Å². The topological polar surface area (TPSA) is 61.8 Å². The lowest BCUT2D eigenvalue weighted by Gasteiger charge is -2.35. The monoisotopic (exact) mass is 289 g/mol. The third kappa shape index (κ3) is 4.21. The number of hydrogen-bond donors (Lipinski definition) is 2. The molecule has 1 aromatic carbocycles. The van der Waals surface area contributed by atoms with Crippen LogP contribution >= 0.6 is 0 Å². The summed E-state index contributed by atoms with van der Waals surface area (Å²) in [6, 6.07) is 10.1. The third-order valence-electron chi connectivity index (χ3n) is 4.69. The minimum absolute atomic E-state index is 0.0354. The van der Waals surface area contributed by atoms with Gasteiger partial charge in [0.15, 0.2) is 0 Å². The molecular formula is C17H27N3O. The zero-order valence-electron chi connectivity index (χ0n) is 13.1. The molecule has 0 aliphatic carbocycles. The fourth-order valence-corrected chi connectivity index (χ4v) is 3.19. The van der Waals surface area contributed by atoms with Crippen LogP contribution in [-0.2, 0) is 0 Å². The zero-order chi connectivity index (χ0) is 15.2. The molecule has 1 unspecified atom stereocenters. The van der Waals surface area contributed by atoms with Gasteiger partial charge in [-0.1, -0.05) is 49.3 Å². The van der Waals surface area contributed by atoms with E-state index in [0.717, 1.165) is 37.0 Å². The molecule has 1 aliphatic rings. The van der Waals surface area contributed by atoms with Crippen molar-refractivity contribution in [2.24, 2.45) is 22.7 Å². The number of nitrogens with zero attached hydrogens (tertiary/aromatic N) is 2. The van der Waals surface area contributed by atoms with Crippen molar-refractivity contribution >= 4 is 5.84 Å². The Hall–Kier alpha value is -1.55. The second kappa shape index (κ2) is 7.46. The average molecular weight is 289 g/mol. The number of amidine groups is 1. The van der Waals surface area contributed by atoms with Gasteiger partial charge in [0.1, 0.15) is 5.84 Å². The molecule has 0 bridgehead atoms. The molecule has 0 aromatic heterocycles. The van der Waals surface area contributed by atoms with Crippen molar-refractivity contribution in [3.63, 3.8) is 0 Å². The Labute approximate surface area is 127 Å². The van der Waals surface area contributed by atoms with E-state index in [1.807, 2.05) is 30.3 Å². The van der Waals surface area contributed by atoms with Gasteiger partial charge in [0.05, 0.1) is 5.92 Å². The molecule has 1 aromatic rings. The van der Waals surface area contributed by atoms with Crippen molar-refractivity contribution in [2.75, 3.05) is 19.6 Å². The van der Waals surface area contributed by atoms with E-state index < -0.39 is 0 Å². The minimum Gasteiger partial charge on any atom is -0.409 e. The minimum atomic E-state index is -0.0354. The van der Waals surface area contributed by atoms with Crippen LogP contribution in [0.2, 0.25) is 0 Å². The highest BCUT2D eigenvalue weighted by Crippen LogP contribution is 2.26. The molecule has 116 valence electrons. The van der Waals surface area contributed by atoms with Gasteiger partial charge in [-0.3, -0.25) is 0 Å². The van der Waals surface area contributed by atoms with Gasteiger partial charge in [0, 0.05) is 6.54 Å². The maximum Gasteiger partial charge on any atom is 0.147 e. The summed E-state index contributed by atoms with van der Waals surface area (Å²) in [6.45, 7) is 7.65. The molecule has 1 heterocycles. The Morgan fingerprint density at radius 1 is 1.29 bits per heavy atom. The van der Waals surface area contributed by atoms with E-state index in [1.54, 1.807) is 0 Å². The van der Waals surface area contributed by atoms with Crippen LogP contribution < -0.4 is 5.73 Å². The van der Waals surface area contributed by atoms with Crippen LogP contribution in [0.5, 0.6) is 0 Å². The Kier molecular flexibility index (Phi) is 5.62. The molecule has 0 radical (unpaired) electrons. The molecule has 1 atom stereocenters. The molecule has 1 saturated heterocycles. The quantitative estimate of drug-likeness (QED) is 0.379. The third-order valence-corrected chi connectivity index (χ3v) is 4.69. The second-order valence-electron chi connectivity index (χ2n) is 6.37. The van der Waals surface area contributed by atoms with Crippen molar-refractivity contribution in [1.82, 2.24) is 4.90 Å². The van der Waals surface area contributed by atoms with Gasteiger partial charge in [0.25, 0.3) is 0 Å². The lowest BCUT2D eigenvalue weighted by molar-refractivity contribution is 0.156. The number of oxime groups is 1. The van der Waals surface area contributed by atoms with Crippen molar-refractivity contribution in [3.05, 3.63) is 35.9 Å². The van der Waals surface area contributed by atoms with E-state index in [2.05, 4.69) is 23.9 Å². The lowest BCUT2D eigenvalue weighted by atomic mass is 9.86. The van der Waals surface area contributed by atoms with Crippen LogP contribution in [0.15, 0.2) is 35.5 Å². The summed E-state index contributed by atoms with van der Waals surface area (Å²) < 4.78 is 0. The molecule has 0 spiro atoms. The fraction of sp³-hybridized carbons (Fsp3) is 0.588. The smallest absolute Gasteiger partial charge is 0.147 e. The van der Waals surface area contributed by atoms with Crippen LogP contribution in [0, 0.1) is 11.8 Å². The highest BCUT2D eigenvalue weighted by atomic mass is 16.4. The summed E-state index contributed by atoms with van der Waals surface area (Å²) in [7, 11) is 0. The largest absolute Gasteiger partial charge is 0.409 e. The summed E-state index contributed by atoms with van der Waals surface area (Å²) in [4.78, 5) is 2.44. The predicted molar refractivity (Wildman–Crippen MR) is 86.6 cm³/mol. The molecular weight excluding hydrogens is 262 g/mol. The predicted octanol–water partition coefficient (Wildman–Crippen LogP) is 2.88. The number of benzene rings is 1. The van der Waals surface area contributed by atoms with E-state index >= 15 is 0 Å². The lowest BCUT2D eigenvalue weighted by Crippen LogP contribution is -2.40. The summed E-state index contributed by atoms with van der Waals surface area (Å²) >= 11 is 0. The number of hydrogen-bond acceptors (Lipinski definition) is 3. The van der Waals surface area contributed by atoms with E-state index in [0.29, 0.717) is 5.84 Å². The maximum atomic E-state index is 9.06. The average Bonchev–Trinajstić information content (AvgIpc) is 2.53. The highest BCUT2D eigenvalue weighted by molar-refractivity contribution is 5.87. The number of nitrogens with two attached hydrogens (primary N) is 1. The molecule has 4 nitrogen and oxygen atoms in total. The maximum absolute atomic E-state index is 9.06. The van der Waals surface area contributed by atoms with E-state index in [9.17, 15) is 0 Å². The van der Waals surface area contributed by atoms with Gasteiger partial charge < -0.3 is 15.8 Å². The number of likely N-dealkylation sites (tertiary alicyclic amines) is 1. The summed E-state index contributed by atoms with van der Waals surface area (Å²) in [5.41, 5.74) is 7.03. The van der Waals surface area contributed by atoms with Crippen LogP contribution in [0.1, 0.15) is 38.2 Å². The Balaban J connectivity index is 2.01. The molecule has 3 N–H and O–H groups in total. The normalized spacial score (nSPS) is 19.9.